The highest BCUT2D eigenvalue weighted by molar-refractivity contribution is 7.22. The number of rotatable bonds is 3. The minimum atomic E-state index is 0.198. The number of hydrazone groups is 1. The van der Waals surface area contributed by atoms with Gasteiger partial charge >= 0.3 is 0 Å². The number of para-hydroxylation sites is 2. The van der Waals surface area contributed by atoms with Crippen molar-refractivity contribution in [2.24, 2.45) is 10.1 Å². The number of halogens is 1. The average Bonchev–Trinajstić information content (AvgIpc) is 3.31. The monoisotopic (exact) mass is 444 g/mol. The van der Waals surface area contributed by atoms with E-state index in [-0.39, 0.29) is 5.75 Å². The van der Waals surface area contributed by atoms with Gasteiger partial charge in [0.25, 0.3) is 0 Å². The molecule has 0 spiro atoms. The number of hydrogen-bond donors (Lipinski definition) is 1. The summed E-state index contributed by atoms with van der Waals surface area (Å²) in [5, 5.41) is 18.0. The van der Waals surface area contributed by atoms with Crippen LogP contribution in [0.15, 0.2) is 88.5 Å². The fourth-order valence-corrected chi connectivity index (χ4v) is 4.38. The topological polar surface area (TPSA) is 61.1 Å². The van der Waals surface area contributed by atoms with Gasteiger partial charge in [-0.05, 0) is 49.4 Å². The molecule has 0 saturated carbocycles. The molecule has 3 aromatic carbocycles. The molecule has 1 aromatic heterocycles. The van der Waals surface area contributed by atoms with Crippen LogP contribution < -0.4 is 5.01 Å². The highest BCUT2D eigenvalue weighted by atomic mass is 35.5. The molecule has 7 heteroatoms. The van der Waals surface area contributed by atoms with E-state index >= 15 is 0 Å². The van der Waals surface area contributed by atoms with E-state index in [1.807, 2.05) is 73.7 Å². The Morgan fingerprint density at radius 1 is 1.03 bits per heavy atom. The van der Waals surface area contributed by atoms with Gasteiger partial charge in [0.2, 0.25) is 5.13 Å². The third-order valence-electron chi connectivity index (χ3n) is 4.85. The van der Waals surface area contributed by atoms with Crippen LogP contribution in [0, 0.1) is 0 Å². The van der Waals surface area contributed by atoms with Crippen LogP contribution in [0.1, 0.15) is 12.5 Å². The molecule has 5 rings (SSSR count). The van der Waals surface area contributed by atoms with E-state index in [0.29, 0.717) is 21.6 Å². The van der Waals surface area contributed by atoms with E-state index in [2.05, 4.69) is 4.98 Å². The maximum atomic E-state index is 10.3. The van der Waals surface area contributed by atoms with E-state index in [4.69, 9.17) is 21.7 Å². The van der Waals surface area contributed by atoms with Gasteiger partial charge in [-0.1, -0.05) is 59.3 Å². The summed E-state index contributed by atoms with van der Waals surface area (Å²) >= 11 is 7.75. The quantitative estimate of drug-likeness (QED) is 0.384. The molecule has 1 aliphatic rings. The Hall–Kier alpha value is -3.48. The first-order valence-electron chi connectivity index (χ1n) is 9.64. The molecule has 0 unspecified atom stereocenters. The van der Waals surface area contributed by atoms with Crippen LogP contribution in [0.5, 0.6) is 5.75 Å². The second kappa shape index (κ2) is 7.98. The standard InChI is InChI=1S/C24H17ClN4OS/c1-15-19(13-16-7-2-4-11-21(16)30)23(29(28-15)18-9-6-8-17(25)14-18)27-24-26-20-10-3-5-12-22(20)31-24/h2-14,30H,1H3/b19-13-,27-23?. The lowest BCUT2D eigenvalue weighted by Gasteiger charge is -2.15. The number of nitrogens with zero attached hydrogens (tertiary/aromatic N) is 4. The summed E-state index contributed by atoms with van der Waals surface area (Å²) < 4.78 is 1.07. The first-order valence-corrected chi connectivity index (χ1v) is 10.8. The number of fused-ring (bicyclic) bond motifs is 1. The van der Waals surface area contributed by atoms with Crippen molar-refractivity contribution < 1.29 is 5.11 Å². The summed E-state index contributed by atoms with van der Waals surface area (Å²) in [7, 11) is 0. The number of hydrogen-bond acceptors (Lipinski definition) is 5. The van der Waals surface area contributed by atoms with Gasteiger partial charge in [0.05, 0.1) is 21.6 Å². The van der Waals surface area contributed by atoms with Crippen molar-refractivity contribution in [3.8, 4) is 5.75 Å². The summed E-state index contributed by atoms with van der Waals surface area (Å²) in [6.45, 7) is 1.92. The molecular weight excluding hydrogens is 428 g/mol. The second-order valence-electron chi connectivity index (χ2n) is 6.99. The van der Waals surface area contributed by atoms with Crippen molar-refractivity contribution in [3.63, 3.8) is 0 Å². The Kier molecular flexibility index (Phi) is 5.02. The Labute approximate surface area is 188 Å². The van der Waals surface area contributed by atoms with Crippen molar-refractivity contribution in [3.05, 3.63) is 89.0 Å². The van der Waals surface area contributed by atoms with Crippen molar-refractivity contribution >= 4 is 61.6 Å². The molecule has 0 atom stereocenters. The molecule has 0 amide bonds. The van der Waals surface area contributed by atoms with Crippen molar-refractivity contribution in [1.29, 1.82) is 0 Å². The van der Waals surface area contributed by atoms with Gasteiger partial charge in [-0.15, -0.1) is 0 Å². The highest BCUT2D eigenvalue weighted by Crippen LogP contribution is 2.33. The molecule has 5 nitrogen and oxygen atoms in total. The number of thiazole rings is 1. The average molecular weight is 445 g/mol. The normalized spacial score (nSPS) is 16.5. The van der Waals surface area contributed by atoms with E-state index < -0.39 is 0 Å². The number of benzene rings is 3. The third-order valence-corrected chi connectivity index (χ3v) is 6.02. The van der Waals surface area contributed by atoms with Gasteiger partial charge in [0, 0.05) is 16.2 Å². The summed E-state index contributed by atoms with van der Waals surface area (Å²) in [5.74, 6) is 0.824. The molecule has 2 heterocycles. The third kappa shape index (κ3) is 3.83. The fourth-order valence-electron chi connectivity index (χ4n) is 3.36. The predicted molar refractivity (Wildman–Crippen MR) is 130 cm³/mol. The van der Waals surface area contributed by atoms with Crippen molar-refractivity contribution in [1.82, 2.24) is 4.98 Å². The first-order chi connectivity index (χ1) is 15.1. The Morgan fingerprint density at radius 2 is 1.84 bits per heavy atom. The van der Waals surface area contributed by atoms with Crippen molar-refractivity contribution in [2.45, 2.75) is 6.92 Å². The van der Waals surface area contributed by atoms with Crippen LogP contribution in [0.2, 0.25) is 5.02 Å². The van der Waals surface area contributed by atoms with Crippen LogP contribution in [-0.2, 0) is 0 Å². The fraction of sp³-hybridized carbons (Fsp3) is 0.0417. The largest absolute Gasteiger partial charge is 0.507 e. The maximum Gasteiger partial charge on any atom is 0.212 e. The molecule has 1 N–H and O–H groups in total. The van der Waals surface area contributed by atoms with Crippen LogP contribution in [-0.4, -0.2) is 21.6 Å². The number of aromatic hydroxyl groups is 1. The summed E-state index contributed by atoms with van der Waals surface area (Å²) in [5.41, 5.74) is 3.98. The number of phenols is 1. The van der Waals surface area contributed by atoms with Crippen LogP contribution >= 0.6 is 22.9 Å². The lowest BCUT2D eigenvalue weighted by molar-refractivity contribution is 0.474. The molecule has 0 aliphatic carbocycles. The number of phenolic OH excluding ortho intramolecular Hbond substituents is 1. The van der Waals surface area contributed by atoms with Gasteiger partial charge in [-0.25, -0.2) is 9.99 Å². The Balaban J connectivity index is 1.68. The lowest BCUT2D eigenvalue weighted by Crippen LogP contribution is -2.21. The molecule has 0 fully saturated rings. The molecule has 31 heavy (non-hydrogen) atoms. The summed E-state index contributed by atoms with van der Waals surface area (Å²) in [6.07, 6.45) is 1.89. The molecular formula is C24H17ClN4OS. The smallest absolute Gasteiger partial charge is 0.212 e. The second-order valence-corrected chi connectivity index (χ2v) is 8.44. The van der Waals surface area contributed by atoms with Crippen LogP contribution in [0.3, 0.4) is 0 Å². The van der Waals surface area contributed by atoms with Crippen LogP contribution in [0.4, 0.5) is 10.8 Å². The zero-order chi connectivity index (χ0) is 21.4. The summed E-state index contributed by atoms with van der Waals surface area (Å²) in [4.78, 5) is 9.54. The molecule has 0 bridgehead atoms. The zero-order valence-electron chi connectivity index (χ0n) is 16.5. The SMILES string of the molecule is CC1=NN(c2cccc(Cl)c2)C(=Nc2nc3ccccc3s2)/C1=C\c1ccccc1O. The van der Waals surface area contributed by atoms with Crippen molar-refractivity contribution in [2.75, 3.05) is 5.01 Å². The maximum absolute atomic E-state index is 10.3. The van der Waals surface area contributed by atoms with E-state index in [0.717, 1.165) is 27.2 Å². The predicted octanol–water partition coefficient (Wildman–Crippen LogP) is 6.67. The van der Waals surface area contributed by atoms with Gasteiger partial charge in [-0.2, -0.15) is 10.1 Å². The lowest BCUT2D eigenvalue weighted by atomic mass is 10.1. The van der Waals surface area contributed by atoms with E-state index in [1.54, 1.807) is 17.1 Å². The number of amidine groups is 1. The minimum absolute atomic E-state index is 0.198. The molecule has 4 aromatic rings. The number of aliphatic imine (C=N–C) groups is 1. The van der Waals surface area contributed by atoms with E-state index in [9.17, 15) is 5.11 Å². The zero-order valence-corrected chi connectivity index (χ0v) is 18.1. The molecule has 152 valence electrons. The molecule has 0 saturated heterocycles. The van der Waals surface area contributed by atoms with Gasteiger partial charge in [0.1, 0.15) is 5.75 Å². The first kappa shape index (κ1) is 19.5. The van der Waals surface area contributed by atoms with Crippen LogP contribution in [0.25, 0.3) is 16.3 Å². The Bertz CT molecular complexity index is 1360. The van der Waals surface area contributed by atoms with Gasteiger partial charge < -0.3 is 5.11 Å². The molecule has 1 aliphatic heterocycles. The summed E-state index contributed by atoms with van der Waals surface area (Å²) in [6, 6.07) is 22.6. The highest BCUT2D eigenvalue weighted by Gasteiger charge is 2.28. The Morgan fingerprint density at radius 3 is 2.65 bits per heavy atom. The number of aromatic nitrogens is 1. The van der Waals surface area contributed by atoms with E-state index in [1.165, 1.54) is 11.3 Å². The number of anilines is 1. The van der Waals surface area contributed by atoms with Gasteiger partial charge in [-0.3, -0.25) is 0 Å². The van der Waals surface area contributed by atoms with Gasteiger partial charge in [0.15, 0.2) is 5.84 Å². The molecule has 0 radical (unpaired) electrons. The minimum Gasteiger partial charge on any atom is -0.507 e.